The van der Waals surface area contributed by atoms with Gasteiger partial charge in [0.15, 0.2) is 0 Å². The Hall–Kier alpha value is -2.15. The summed E-state index contributed by atoms with van der Waals surface area (Å²) in [5.41, 5.74) is 5.97. The zero-order valence-corrected chi connectivity index (χ0v) is 11.9. The monoisotopic (exact) mass is 310 g/mol. The van der Waals surface area contributed by atoms with Crippen LogP contribution in [0.15, 0.2) is 40.4 Å². The molecule has 0 aliphatic rings. The van der Waals surface area contributed by atoms with Crippen LogP contribution in [0.25, 0.3) is 0 Å². The fraction of sp³-hybridized carbons (Fsp3) is 0.143. The molecule has 0 atom stereocenters. The second-order valence-corrected chi connectivity index (χ2v) is 5.07. The van der Waals surface area contributed by atoms with Gasteiger partial charge in [-0.05, 0) is 31.2 Å². The minimum atomic E-state index is -0.584. The Morgan fingerprint density at radius 2 is 2.14 bits per heavy atom. The summed E-state index contributed by atoms with van der Waals surface area (Å²) < 4.78 is 31.6. The van der Waals surface area contributed by atoms with Crippen LogP contribution in [0.2, 0.25) is 0 Å². The summed E-state index contributed by atoms with van der Waals surface area (Å²) in [7, 11) is 0. The number of carbonyl (C=O) groups excluding carboxylic acids is 1. The lowest BCUT2D eigenvalue weighted by atomic mass is 10.2. The van der Waals surface area contributed by atoms with Crippen LogP contribution in [0, 0.1) is 11.6 Å². The van der Waals surface area contributed by atoms with Crippen molar-refractivity contribution in [3.8, 4) is 0 Å². The molecule has 2 aromatic rings. The average Bonchev–Trinajstić information content (AvgIpc) is 2.45. The molecule has 0 unspecified atom stereocenters. The maximum Gasteiger partial charge on any atom is 0.340 e. The van der Waals surface area contributed by atoms with Gasteiger partial charge in [0, 0.05) is 0 Å². The van der Waals surface area contributed by atoms with E-state index in [1.165, 1.54) is 12.3 Å². The summed E-state index contributed by atoms with van der Waals surface area (Å²) in [6.07, 6.45) is 1.28. The summed E-state index contributed by atoms with van der Waals surface area (Å²) in [6, 6.07) is 4.51. The van der Waals surface area contributed by atoms with Crippen LogP contribution in [-0.4, -0.2) is 17.6 Å². The van der Waals surface area contributed by atoms with Crippen LogP contribution in [0.4, 0.5) is 14.5 Å². The molecule has 4 nitrogen and oxygen atoms in total. The van der Waals surface area contributed by atoms with Crippen molar-refractivity contribution in [2.45, 2.75) is 16.8 Å². The quantitative estimate of drug-likeness (QED) is 0.878. The van der Waals surface area contributed by atoms with Crippen molar-refractivity contribution in [2.75, 3.05) is 12.3 Å². The summed E-state index contributed by atoms with van der Waals surface area (Å²) in [5, 5.41) is 0.316. The highest BCUT2D eigenvalue weighted by Crippen LogP contribution is 2.30. The highest BCUT2D eigenvalue weighted by Gasteiger charge is 2.14. The van der Waals surface area contributed by atoms with Gasteiger partial charge in [0.2, 0.25) is 0 Å². The second-order valence-electron chi connectivity index (χ2n) is 4.01. The van der Waals surface area contributed by atoms with E-state index in [-0.39, 0.29) is 22.8 Å². The lowest BCUT2D eigenvalue weighted by molar-refractivity contribution is 0.0527. The number of benzene rings is 1. The summed E-state index contributed by atoms with van der Waals surface area (Å²) in [5.74, 6) is -1.71. The molecule has 1 aromatic carbocycles. The Balaban J connectivity index is 2.31. The van der Waals surface area contributed by atoms with Crippen molar-refractivity contribution in [2.24, 2.45) is 0 Å². The molecular formula is C14H12F2N2O2S. The normalized spacial score (nSPS) is 10.4. The third kappa shape index (κ3) is 3.69. The molecule has 2 rings (SSSR count). The van der Waals surface area contributed by atoms with Crippen molar-refractivity contribution in [1.29, 1.82) is 0 Å². The highest BCUT2D eigenvalue weighted by atomic mass is 32.2. The molecule has 1 heterocycles. The number of anilines is 1. The predicted octanol–water partition coefficient (Wildman–Crippen LogP) is 3.27. The molecule has 0 spiro atoms. The zero-order chi connectivity index (χ0) is 15.4. The van der Waals surface area contributed by atoms with Crippen LogP contribution < -0.4 is 5.73 Å². The fourth-order valence-electron chi connectivity index (χ4n) is 1.56. The van der Waals surface area contributed by atoms with Gasteiger partial charge < -0.3 is 10.5 Å². The molecule has 0 fully saturated rings. The number of nitrogens with two attached hydrogens (primary N) is 1. The maximum absolute atomic E-state index is 13.6. The number of hydrogen-bond donors (Lipinski definition) is 1. The number of aromatic nitrogens is 1. The van der Waals surface area contributed by atoms with Crippen molar-refractivity contribution < 1.29 is 18.3 Å². The first-order chi connectivity index (χ1) is 10.0. The van der Waals surface area contributed by atoms with Gasteiger partial charge >= 0.3 is 5.97 Å². The number of nitrogen functional groups attached to an aromatic ring is 1. The lowest BCUT2D eigenvalue weighted by Crippen LogP contribution is -2.08. The first-order valence-electron chi connectivity index (χ1n) is 6.06. The van der Waals surface area contributed by atoms with Crippen molar-refractivity contribution >= 4 is 23.4 Å². The number of carbonyl (C=O) groups is 1. The Morgan fingerprint density at radius 3 is 2.86 bits per heavy atom. The van der Waals surface area contributed by atoms with Gasteiger partial charge in [-0.2, -0.15) is 0 Å². The van der Waals surface area contributed by atoms with E-state index in [1.54, 1.807) is 6.92 Å². The zero-order valence-electron chi connectivity index (χ0n) is 11.1. The summed E-state index contributed by atoms with van der Waals surface area (Å²) >= 11 is 0.897. The average molecular weight is 310 g/mol. The number of pyridine rings is 1. The van der Waals surface area contributed by atoms with Crippen molar-refractivity contribution in [1.82, 2.24) is 4.98 Å². The molecule has 0 saturated heterocycles. The predicted molar refractivity (Wildman–Crippen MR) is 75.1 cm³/mol. The van der Waals surface area contributed by atoms with Crippen LogP contribution in [0.3, 0.4) is 0 Å². The number of esters is 1. The van der Waals surface area contributed by atoms with Gasteiger partial charge in [0.25, 0.3) is 0 Å². The van der Waals surface area contributed by atoms with E-state index in [4.69, 9.17) is 10.5 Å². The lowest BCUT2D eigenvalue weighted by Gasteiger charge is -2.07. The smallest absolute Gasteiger partial charge is 0.340 e. The molecule has 0 radical (unpaired) electrons. The van der Waals surface area contributed by atoms with E-state index in [2.05, 4.69) is 4.98 Å². The van der Waals surface area contributed by atoms with E-state index < -0.39 is 17.6 Å². The first-order valence-corrected chi connectivity index (χ1v) is 6.88. The molecule has 0 amide bonds. The summed E-state index contributed by atoms with van der Waals surface area (Å²) in [4.78, 5) is 15.8. The molecule has 110 valence electrons. The highest BCUT2D eigenvalue weighted by molar-refractivity contribution is 7.99. The fourth-order valence-corrected chi connectivity index (χ4v) is 2.40. The van der Waals surface area contributed by atoms with Gasteiger partial charge in [-0.25, -0.2) is 18.6 Å². The standard InChI is InChI=1S/C14H12F2N2O2S/c1-2-20-14(19)9-6-13(18-7-11(9)17)21-12-5-8(15)3-4-10(12)16/h3-7H,2,17H2,1H3. The van der Waals surface area contributed by atoms with Crippen molar-refractivity contribution in [3.63, 3.8) is 0 Å². The van der Waals surface area contributed by atoms with Crippen LogP contribution in [0.1, 0.15) is 17.3 Å². The van der Waals surface area contributed by atoms with E-state index >= 15 is 0 Å². The van der Waals surface area contributed by atoms with E-state index in [1.807, 2.05) is 0 Å². The third-order valence-electron chi connectivity index (χ3n) is 2.51. The maximum atomic E-state index is 13.6. The minimum absolute atomic E-state index is 0.0714. The van der Waals surface area contributed by atoms with Gasteiger partial charge in [0.05, 0.1) is 29.0 Å². The number of nitrogens with zero attached hydrogens (tertiary/aromatic N) is 1. The SMILES string of the molecule is CCOC(=O)c1cc(Sc2cc(F)ccc2F)ncc1N. The van der Waals surface area contributed by atoms with E-state index in [0.29, 0.717) is 5.03 Å². The number of halogens is 2. The Morgan fingerprint density at radius 1 is 1.38 bits per heavy atom. The third-order valence-corrected chi connectivity index (χ3v) is 3.48. The molecule has 0 aliphatic heterocycles. The Labute approximate surface area is 124 Å². The molecule has 0 saturated carbocycles. The number of rotatable bonds is 4. The van der Waals surface area contributed by atoms with Crippen molar-refractivity contribution in [3.05, 3.63) is 47.7 Å². The van der Waals surface area contributed by atoms with Crippen LogP contribution in [0.5, 0.6) is 0 Å². The van der Waals surface area contributed by atoms with Gasteiger partial charge in [-0.3, -0.25) is 0 Å². The minimum Gasteiger partial charge on any atom is -0.462 e. The Kier molecular flexibility index (Phi) is 4.74. The largest absolute Gasteiger partial charge is 0.462 e. The molecule has 1 aromatic heterocycles. The van der Waals surface area contributed by atoms with Gasteiger partial charge in [-0.1, -0.05) is 11.8 Å². The number of hydrogen-bond acceptors (Lipinski definition) is 5. The van der Waals surface area contributed by atoms with E-state index in [9.17, 15) is 13.6 Å². The second kappa shape index (κ2) is 6.53. The molecule has 2 N–H and O–H groups in total. The van der Waals surface area contributed by atoms with E-state index in [0.717, 1.165) is 30.0 Å². The topological polar surface area (TPSA) is 65.2 Å². The van der Waals surface area contributed by atoms with Crippen LogP contribution >= 0.6 is 11.8 Å². The molecule has 21 heavy (non-hydrogen) atoms. The first kappa shape index (κ1) is 15.2. The van der Waals surface area contributed by atoms with Gasteiger partial charge in [0.1, 0.15) is 16.7 Å². The van der Waals surface area contributed by atoms with Crippen LogP contribution in [-0.2, 0) is 4.74 Å². The molecule has 0 bridgehead atoms. The van der Waals surface area contributed by atoms with Gasteiger partial charge in [-0.15, -0.1) is 0 Å². The number of ether oxygens (including phenoxy) is 1. The molecule has 0 aliphatic carbocycles. The summed E-state index contributed by atoms with van der Waals surface area (Å²) in [6.45, 7) is 1.88. The molecule has 7 heteroatoms. The molecular weight excluding hydrogens is 298 g/mol. The Bertz CT molecular complexity index is 680.